The van der Waals surface area contributed by atoms with Crippen LogP contribution in [0.1, 0.15) is 0 Å². The molecule has 0 radical (unpaired) electrons. The zero-order valence-corrected chi connectivity index (χ0v) is 4.83. The van der Waals surface area contributed by atoms with Crippen molar-refractivity contribution >= 4 is 12.1 Å². The fraction of sp³-hybridized carbons (Fsp3) is 0.500. The highest BCUT2D eigenvalue weighted by atomic mass is 16.4. The van der Waals surface area contributed by atoms with Crippen LogP contribution in [-0.2, 0) is 4.79 Å². The lowest BCUT2D eigenvalue weighted by Crippen LogP contribution is -2.22. The molecule has 0 spiro atoms. The van der Waals surface area contributed by atoms with Crippen molar-refractivity contribution in [3.05, 3.63) is 0 Å². The van der Waals surface area contributed by atoms with E-state index in [9.17, 15) is 4.79 Å². The molecule has 4 heteroatoms. The van der Waals surface area contributed by atoms with Gasteiger partial charge in [-0.15, -0.1) is 0 Å². The van der Waals surface area contributed by atoms with E-state index in [-0.39, 0.29) is 5.91 Å². The first-order valence-electron chi connectivity index (χ1n) is 2.07. The van der Waals surface area contributed by atoms with Gasteiger partial charge in [0, 0.05) is 14.1 Å². The first kappa shape index (κ1) is 6.94. The van der Waals surface area contributed by atoms with Crippen molar-refractivity contribution in [3.63, 3.8) is 0 Å². The summed E-state index contributed by atoms with van der Waals surface area (Å²) in [4.78, 5) is 11.7. The van der Waals surface area contributed by atoms with Gasteiger partial charge in [-0.2, -0.15) is 0 Å². The Labute approximate surface area is 47.4 Å². The molecule has 46 valence electrons. The van der Waals surface area contributed by atoms with E-state index < -0.39 is 0 Å². The van der Waals surface area contributed by atoms with E-state index in [0.29, 0.717) is 0 Å². The Morgan fingerprint density at radius 2 is 2.25 bits per heavy atom. The predicted octanol–water partition coefficient (Wildman–Crippen LogP) is -0.465. The molecule has 0 saturated heterocycles. The fourth-order valence-electron chi connectivity index (χ4n) is 0.165. The third-order valence-corrected chi connectivity index (χ3v) is 0.609. The first-order valence-corrected chi connectivity index (χ1v) is 2.07. The number of hydrogen-bond donors (Lipinski definition) is 1. The normalized spacial score (nSPS) is 9.75. The zero-order chi connectivity index (χ0) is 6.57. The Bertz CT molecular complexity index is 109. The molecular formula is C4H8N2O2. The number of oxime groups is 1. The van der Waals surface area contributed by atoms with E-state index in [2.05, 4.69) is 5.16 Å². The van der Waals surface area contributed by atoms with E-state index in [4.69, 9.17) is 5.21 Å². The average Bonchev–Trinajstić information content (AvgIpc) is 1.67. The van der Waals surface area contributed by atoms with Crippen LogP contribution in [0.3, 0.4) is 0 Å². The second-order valence-electron chi connectivity index (χ2n) is 1.48. The highest BCUT2D eigenvalue weighted by Crippen LogP contribution is 1.70. The van der Waals surface area contributed by atoms with Crippen molar-refractivity contribution in [2.45, 2.75) is 0 Å². The number of rotatable bonds is 1. The van der Waals surface area contributed by atoms with E-state index >= 15 is 0 Å². The molecule has 0 aromatic heterocycles. The summed E-state index contributed by atoms with van der Waals surface area (Å²) in [6.07, 6.45) is 0.833. The minimum Gasteiger partial charge on any atom is -0.411 e. The quantitative estimate of drug-likeness (QED) is 0.286. The molecule has 0 bridgehead atoms. The SMILES string of the molecule is CN(C)C(=O)C=NO. The summed E-state index contributed by atoms with van der Waals surface area (Å²) in [6, 6.07) is 0. The van der Waals surface area contributed by atoms with E-state index in [0.717, 1.165) is 6.21 Å². The molecule has 0 aliphatic heterocycles. The number of amides is 1. The van der Waals surface area contributed by atoms with Crippen molar-refractivity contribution < 1.29 is 10.0 Å². The lowest BCUT2D eigenvalue weighted by Gasteiger charge is -2.02. The highest BCUT2D eigenvalue weighted by molar-refractivity contribution is 6.25. The monoisotopic (exact) mass is 116 g/mol. The molecule has 8 heavy (non-hydrogen) atoms. The topological polar surface area (TPSA) is 52.9 Å². The van der Waals surface area contributed by atoms with Crippen molar-refractivity contribution in [3.8, 4) is 0 Å². The zero-order valence-electron chi connectivity index (χ0n) is 4.83. The first-order chi connectivity index (χ1) is 3.68. The highest BCUT2D eigenvalue weighted by Gasteiger charge is 1.95. The Hall–Kier alpha value is -1.06. The maximum Gasteiger partial charge on any atom is 0.267 e. The average molecular weight is 116 g/mol. The summed E-state index contributed by atoms with van der Waals surface area (Å²) in [5, 5.41) is 10.3. The van der Waals surface area contributed by atoms with E-state index in [1.807, 2.05) is 0 Å². The van der Waals surface area contributed by atoms with E-state index in [1.165, 1.54) is 4.90 Å². The fourth-order valence-corrected chi connectivity index (χ4v) is 0.165. The summed E-state index contributed by atoms with van der Waals surface area (Å²) in [7, 11) is 3.15. The van der Waals surface area contributed by atoms with Gasteiger partial charge in [-0.25, -0.2) is 0 Å². The molecule has 0 unspecified atom stereocenters. The Balaban J connectivity index is 3.66. The minimum atomic E-state index is -0.326. The summed E-state index contributed by atoms with van der Waals surface area (Å²) in [6.45, 7) is 0. The largest absolute Gasteiger partial charge is 0.411 e. The van der Waals surface area contributed by atoms with Gasteiger partial charge in [0.1, 0.15) is 6.21 Å². The van der Waals surface area contributed by atoms with Gasteiger partial charge in [0.15, 0.2) is 0 Å². The molecule has 0 aromatic rings. The maximum absolute atomic E-state index is 10.4. The van der Waals surface area contributed by atoms with Gasteiger partial charge >= 0.3 is 0 Å². The van der Waals surface area contributed by atoms with Gasteiger partial charge in [-0.3, -0.25) is 4.79 Å². The molecule has 4 nitrogen and oxygen atoms in total. The second-order valence-corrected chi connectivity index (χ2v) is 1.48. The van der Waals surface area contributed by atoms with Gasteiger partial charge < -0.3 is 10.1 Å². The number of hydrogen-bond acceptors (Lipinski definition) is 3. The van der Waals surface area contributed by atoms with Crippen molar-refractivity contribution in [2.24, 2.45) is 5.16 Å². The number of carbonyl (C=O) groups excluding carboxylic acids is 1. The van der Waals surface area contributed by atoms with Crippen LogP contribution < -0.4 is 0 Å². The van der Waals surface area contributed by atoms with Crippen LogP contribution in [0.2, 0.25) is 0 Å². The lowest BCUT2D eigenvalue weighted by molar-refractivity contribution is -0.121. The Morgan fingerprint density at radius 1 is 1.75 bits per heavy atom. The number of carbonyl (C=O) groups is 1. The Morgan fingerprint density at radius 3 is 2.38 bits per heavy atom. The summed E-state index contributed by atoms with van der Waals surface area (Å²) >= 11 is 0. The van der Waals surface area contributed by atoms with Gasteiger partial charge in [0.25, 0.3) is 5.91 Å². The molecule has 0 aliphatic rings. The third-order valence-electron chi connectivity index (χ3n) is 0.609. The number of nitrogens with zero attached hydrogens (tertiary/aromatic N) is 2. The van der Waals surface area contributed by atoms with Crippen LogP contribution in [0.4, 0.5) is 0 Å². The standard InChI is InChI=1S/C4H8N2O2/c1-6(2)4(7)3-5-8/h3,8H,1-2H3. The second kappa shape index (κ2) is 3.01. The van der Waals surface area contributed by atoms with Gasteiger partial charge in [-0.1, -0.05) is 5.16 Å². The third kappa shape index (κ3) is 2.17. The van der Waals surface area contributed by atoms with Crippen LogP contribution in [0.15, 0.2) is 5.16 Å². The Kier molecular flexibility index (Phi) is 2.61. The summed E-state index contributed by atoms with van der Waals surface area (Å²) < 4.78 is 0. The van der Waals surface area contributed by atoms with Gasteiger partial charge in [0.05, 0.1) is 0 Å². The molecule has 0 aliphatic carbocycles. The minimum absolute atomic E-state index is 0.326. The van der Waals surface area contributed by atoms with Crippen LogP contribution in [-0.4, -0.2) is 36.3 Å². The molecule has 0 fully saturated rings. The summed E-state index contributed by atoms with van der Waals surface area (Å²) in [5.74, 6) is -0.326. The lowest BCUT2D eigenvalue weighted by atomic mass is 10.6. The van der Waals surface area contributed by atoms with Crippen LogP contribution >= 0.6 is 0 Å². The summed E-state index contributed by atoms with van der Waals surface area (Å²) in [5.41, 5.74) is 0. The maximum atomic E-state index is 10.4. The van der Waals surface area contributed by atoms with Crippen molar-refractivity contribution in [1.29, 1.82) is 0 Å². The van der Waals surface area contributed by atoms with Crippen molar-refractivity contribution in [1.82, 2.24) is 4.90 Å². The molecule has 0 aromatic carbocycles. The van der Waals surface area contributed by atoms with Gasteiger partial charge in [-0.05, 0) is 0 Å². The predicted molar refractivity (Wildman–Crippen MR) is 29.0 cm³/mol. The molecule has 0 rings (SSSR count). The molecular weight excluding hydrogens is 108 g/mol. The smallest absolute Gasteiger partial charge is 0.267 e. The van der Waals surface area contributed by atoms with E-state index in [1.54, 1.807) is 14.1 Å². The molecule has 0 atom stereocenters. The van der Waals surface area contributed by atoms with Crippen molar-refractivity contribution in [2.75, 3.05) is 14.1 Å². The van der Waals surface area contributed by atoms with Gasteiger partial charge in [0.2, 0.25) is 0 Å². The van der Waals surface area contributed by atoms with Crippen LogP contribution in [0.5, 0.6) is 0 Å². The molecule has 1 N–H and O–H groups in total. The molecule has 0 heterocycles. The molecule has 0 saturated carbocycles. The van der Waals surface area contributed by atoms with Crippen LogP contribution in [0, 0.1) is 0 Å². The van der Waals surface area contributed by atoms with Crippen LogP contribution in [0.25, 0.3) is 0 Å². The molecule has 1 amide bonds.